The topological polar surface area (TPSA) is 90.2 Å². The van der Waals surface area contributed by atoms with Crippen LogP contribution in [-0.4, -0.2) is 32.6 Å². The number of hydrogen-bond donors (Lipinski definition) is 3. The molecule has 0 heterocycles. The molecule has 6 nitrogen and oxygen atoms in total. The Bertz CT molecular complexity index is 156. The number of rotatable bonds is 5. The molecule has 0 amide bonds. The second-order valence-corrected chi connectivity index (χ2v) is 3.58. The molecular weight excluding hydrogens is 233 g/mol. The molecule has 0 aromatic carbocycles. The number of unbranched alkanes of at least 4 members (excludes halogenated alkanes) is 1. The van der Waals surface area contributed by atoms with Crippen molar-refractivity contribution in [2.24, 2.45) is 0 Å². The van der Waals surface area contributed by atoms with E-state index in [1.165, 1.54) is 26.7 Å². The Morgan fingerprint density at radius 1 is 1.19 bits per heavy atom. The van der Waals surface area contributed by atoms with E-state index < -0.39 is 20.7 Å². The van der Waals surface area contributed by atoms with E-state index in [0.717, 1.165) is 0 Å². The molecule has 0 radical (unpaired) electrons. The van der Waals surface area contributed by atoms with Crippen LogP contribution in [0.3, 0.4) is 0 Å². The Balaban J connectivity index is -0.000000292. The van der Waals surface area contributed by atoms with Crippen LogP contribution in [0.4, 0.5) is 0 Å². The van der Waals surface area contributed by atoms with Crippen molar-refractivity contribution in [2.75, 3.05) is 0 Å². The third-order valence-corrected chi connectivity index (χ3v) is 1.73. The van der Waals surface area contributed by atoms with Crippen LogP contribution in [0.15, 0.2) is 0 Å². The molecule has 3 unspecified atom stereocenters. The molecule has 7 heteroatoms. The van der Waals surface area contributed by atoms with Crippen molar-refractivity contribution in [1.29, 1.82) is 0 Å². The highest BCUT2D eigenvalue weighted by Crippen LogP contribution is 2.20. The average Bonchev–Trinajstić information content (AvgIpc) is 2.13. The summed E-state index contributed by atoms with van der Waals surface area (Å²) in [5.74, 6) is 0. The first kappa shape index (κ1) is 21.2. The molecule has 0 aromatic heterocycles. The molecule has 0 aliphatic rings. The first-order chi connectivity index (χ1) is 6.86. The van der Waals surface area contributed by atoms with Gasteiger partial charge in [0.1, 0.15) is 12.5 Å². The standard InChI is InChI=1S/C4H10NO5P.C4H10.CH4/c1-3(6)5(4(2)7)10-11(8)9;1-3-4-2;/h3-4,6-7H,1-2H3;3-4H2,1-2H3;1H4/p+1. The molecule has 0 aliphatic heterocycles. The summed E-state index contributed by atoms with van der Waals surface area (Å²) in [6.45, 7) is 6.96. The SMILES string of the molecule is C.CC(O)N(O[P+](=O)O)C(C)O.CCCC. The van der Waals surface area contributed by atoms with Crippen LogP contribution in [0, 0.1) is 0 Å². The third-order valence-electron chi connectivity index (χ3n) is 1.40. The molecular formula is C9H25NO5P+. The van der Waals surface area contributed by atoms with E-state index in [1.54, 1.807) is 0 Å². The fourth-order valence-electron chi connectivity index (χ4n) is 0.529. The fraction of sp³-hybridized carbons (Fsp3) is 1.00. The van der Waals surface area contributed by atoms with Crippen LogP contribution in [0.2, 0.25) is 0 Å². The maximum atomic E-state index is 10.1. The summed E-state index contributed by atoms with van der Waals surface area (Å²) >= 11 is 0. The first-order valence-corrected chi connectivity index (χ1v) is 5.98. The lowest BCUT2D eigenvalue weighted by Gasteiger charge is -2.19. The Morgan fingerprint density at radius 3 is 1.56 bits per heavy atom. The lowest BCUT2D eigenvalue weighted by atomic mass is 10.4. The number of hydrogen-bond acceptors (Lipinski definition) is 5. The highest BCUT2D eigenvalue weighted by Gasteiger charge is 2.28. The van der Waals surface area contributed by atoms with Gasteiger partial charge in [-0.2, -0.15) is 0 Å². The van der Waals surface area contributed by atoms with Crippen LogP contribution < -0.4 is 0 Å². The Morgan fingerprint density at radius 2 is 1.50 bits per heavy atom. The van der Waals surface area contributed by atoms with Gasteiger partial charge >= 0.3 is 8.25 Å². The number of aliphatic hydroxyl groups excluding tert-OH is 2. The van der Waals surface area contributed by atoms with Crippen molar-refractivity contribution in [1.82, 2.24) is 5.06 Å². The van der Waals surface area contributed by atoms with E-state index in [2.05, 4.69) is 18.5 Å². The van der Waals surface area contributed by atoms with E-state index >= 15 is 0 Å². The molecule has 0 aliphatic carbocycles. The Labute approximate surface area is 98.8 Å². The van der Waals surface area contributed by atoms with Gasteiger partial charge in [0.15, 0.2) is 0 Å². The summed E-state index contributed by atoms with van der Waals surface area (Å²) < 4.78 is 14.3. The Hall–Kier alpha value is -0.100. The minimum absolute atomic E-state index is 0. The van der Waals surface area contributed by atoms with E-state index in [9.17, 15) is 4.57 Å². The summed E-state index contributed by atoms with van der Waals surface area (Å²) in [4.78, 5) is 8.24. The van der Waals surface area contributed by atoms with Crippen molar-refractivity contribution in [3.63, 3.8) is 0 Å². The van der Waals surface area contributed by atoms with Gasteiger partial charge in [0, 0.05) is 4.57 Å². The summed E-state index contributed by atoms with van der Waals surface area (Å²) in [5.41, 5.74) is 0. The van der Waals surface area contributed by atoms with Gasteiger partial charge in [-0.1, -0.05) is 39.2 Å². The predicted octanol–water partition coefficient (Wildman–Crippen LogP) is 1.99. The third kappa shape index (κ3) is 13.9. The van der Waals surface area contributed by atoms with Gasteiger partial charge in [-0.25, -0.2) is 0 Å². The normalized spacial score (nSPS) is 14.4. The lowest BCUT2D eigenvalue weighted by Crippen LogP contribution is -2.38. The average molecular weight is 258 g/mol. The van der Waals surface area contributed by atoms with Gasteiger partial charge in [0.2, 0.25) is 0 Å². The summed E-state index contributed by atoms with van der Waals surface area (Å²) in [7, 11) is -2.85. The summed E-state index contributed by atoms with van der Waals surface area (Å²) in [6, 6.07) is 0. The molecule has 16 heavy (non-hydrogen) atoms. The maximum absolute atomic E-state index is 10.1. The van der Waals surface area contributed by atoms with Gasteiger partial charge in [-0.15, -0.1) is 4.89 Å². The molecule has 0 rings (SSSR count). The van der Waals surface area contributed by atoms with Crippen molar-refractivity contribution < 1.29 is 24.3 Å². The van der Waals surface area contributed by atoms with Crippen molar-refractivity contribution in [3.05, 3.63) is 0 Å². The highest BCUT2D eigenvalue weighted by molar-refractivity contribution is 7.32. The molecule has 0 saturated heterocycles. The van der Waals surface area contributed by atoms with Crippen molar-refractivity contribution >= 4 is 8.25 Å². The molecule has 0 fully saturated rings. The maximum Gasteiger partial charge on any atom is 0.714 e. The van der Waals surface area contributed by atoms with Crippen LogP contribution in [0.5, 0.6) is 0 Å². The summed E-state index contributed by atoms with van der Waals surface area (Å²) in [6.07, 6.45) is 0.363. The smallest absolute Gasteiger partial charge is 0.376 e. The van der Waals surface area contributed by atoms with E-state index in [-0.39, 0.29) is 7.43 Å². The van der Waals surface area contributed by atoms with Gasteiger partial charge in [-0.05, 0) is 18.5 Å². The highest BCUT2D eigenvalue weighted by atomic mass is 31.1. The van der Waals surface area contributed by atoms with Crippen LogP contribution in [0.25, 0.3) is 0 Å². The number of hydroxylamine groups is 2. The molecule has 3 atom stereocenters. The fourth-order valence-corrected chi connectivity index (χ4v) is 0.964. The van der Waals surface area contributed by atoms with Crippen LogP contribution in [-0.2, 0) is 9.19 Å². The quantitative estimate of drug-likeness (QED) is 0.397. The number of aliphatic hydroxyl groups is 2. The minimum atomic E-state index is -2.85. The van der Waals surface area contributed by atoms with Gasteiger partial charge in [0.05, 0.1) is 0 Å². The zero-order chi connectivity index (χ0) is 12.4. The minimum Gasteiger partial charge on any atom is -0.376 e. The Kier molecular flexibility index (Phi) is 17.2. The van der Waals surface area contributed by atoms with Crippen LogP contribution >= 0.6 is 8.25 Å². The second kappa shape index (κ2) is 13.0. The second-order valence-electron chi connectivity index (χ2n) is 2.94. The van der Waals surface area contributed by atoms with Crippen molar-refractivity contribution in [3.8, 4) is 0 Å². The first-order valence-electron chi connectivity index (χ1n) is 4.85. The van der Waals surface area contributed by atoms with E-state index in [1.807, 2.05) is 0 Å². The molecule has 0 bridgehead atoms. The zero-order valence-corrected chi connectivity index (χ0v) is 10.5. The lowest BCUT2D eigenvalue weighted by molar-refractivity contribution is -0.236. The van der Waals surface area contributed by atoms with Crippen molar-refractivity contribution in [2.45, 2.75) is 60.4 Å². The van der Waals surface area contributed by atoms with E-state index in [0.29, 0.717) is 5.06 Å². The monoisotopic (exact) mass is 258 g/mol. The molecule has 3 N–H and O–H groups in total. The number of nitrogens with zero attached hydrogens (tertiary/aromatic N) is 1. The van der Waals surface area contributed by atoms with E-state index in [4.69, 9.17) is 15.1 Å². The largest absolute Gasteiger partial charge is 0.714 e. The summed E-state index contributed by atoms with van der Waals surface area (Å²) in [5, 5.41) is 18.3. The van der Waals surface area contributed by atoms with Gasteiger partial charge < -0.3 is 10.2 Å². The van der Waals surface area contributed by atoms with Gasteiger partial charge in [0.25, 0.3) is 0 Å². The molecule has 0 saturated carbocycles. The zero-order valence-electron chi connectivity index (χ0n) is 9.62. The molecule has 100 valence electrons. The molecule has 0 spiro atoms. The predicted molar refractivity (Wildman–Crippen MR) is 63.4 cm³/mol. The van der Waals surface area contributed by atoms with Gasteiger partial charge in [-0.3, -0.25) is 0 Å². The van der Waals surface area contributed by atoms with Crippen LogP contribution in [0.1, 0.15) is 48.0 Å². The molecule has 0 aromatic rings.